The van der Waals surface area contributed by atoms with E-state index in [4.69, 9.17) is 11.6 Å². The first-order valence-electron chi connectivity index (χ1n) is 10.8. The smallest absolute Gasteiger partial charge is 0.227 e. The topological polar surface area (TPSA) is 46.1 Å². The zero-order valence-electron chi connectivity index (χ0n) is 17.4. The number of piperidine rings is 1. The maximum absolute atomic E-state index is 12.8. The van der Waals surface area contributed by atoms with Crippen molar-refractivity contribution in [3.05, 3.63) is 99.6 Å². The Bertz CT molecular complexity index is 1150. The maximum atomic E-state index is 12.8. The van der Waals surface area contributed by atoms with Crippen LogP contribution in [0.1, 0.15) is 40.8 Å². The second kappa shape index (κ2) is 8.64. The van der Waals surface area contributed by atoms with Crippen molar-refractivity contribution in [3.63, 3.8) is 0 Å². The van der Waals surface area contributed by atoms with Gasteiger partial charge in [0.25, 0.3) is 0 Å². The van der Waals surface area contributed by atoms with Gasteiger partial charge in [-0.05, 0) is 78.3 Å². The second-order valence-electron chi connectivity index (χ2n) is 8.19. The van der Waals surface area contributed by atoms with Gasteiger partial charge in [0, 0.05) is 48.0 Å². The lowest BCUT2D eigenvalue weighted by Gasteiger charge is -2.30. The van der Waals surface area contributed by atoms with Gasteiger partial charge in [-0.1, -0.05) is 29.3 Å². The van der Waals surface area contributed by atoms with Crippen LogP contribution in [0.4, 0.5) is 0 Å². The van der Waals surface area contributed by atoms with Crippen molar-refractivity contribution in [3.8, 4) is 0 Å². The van der Waals surface area contributed by atoms with Crippen LogP contribution >= 0.6 is 11.6 Å². The number of hydrogen-bond acceptors (Lipinski definition) is 3. The largest absolute Gasteiger partial charge is 0.342 e. The van der Waals surface area contributed by atoms with Crippen LogP contribution in [0.15, 0.2) is 66.6 Å². The van der Waals surface area contributed by atoms with E-state index >= 15 is 0 Å². The fraction of sp³-hybridized carbons (Fsp3) is 0.269. The van der Waals surface area contributed by atoms with Crippen LogP contribution in [0.25, 0.3) is 5.57 Å². The Morgan fingerprint density at radius 1 is 0.935 bits per heavy atom. The number of benzene rings is 1. The lowest BCUT2D eigenvalue weighted by molar-refractivity contribution is -0.130. The molecule has 4 nitrogen and oxygen atoms in total. The molecule has 0 unspecified atom stereocenters. The zero-order chi connectivity index (χ0) is 21.2. The molecule has 3 heterocycles. The van der Waals surface area contributed by atoms with Gasteiger partial charge >= 0.3 is 0 Å². The second-order valence-corrected chi connectivity index (χ2v) is 8.63. The number of nitrogens with zero attached hydrogens (tertiary/aromatic N) is 3. The highest BCUT2D eigenvalue weighted by atomic mass is 35.5. The van der Waals surface area contributed by atoms with Crippen LogP contribution < -0.4 is 0 Å². The van der Waals surface area contributed by atoms with Crippen LogP contribution in [0.3, 0.4) is 0 Å². The van der Waals surface area contributed by atoms with Gasteiger partial charge in [-0.2, -0.15) is 0 Å². The fourth-order valence-corrected chi connectivity index (χ4v) is 4.91. The van der Waals surface area contributed by atoms with Crippen LogP contribution in [-0.2, 0) is 24.1 Å². The van der Waals surface area contributed by atoms with Crippen molar-refractivity contribution in [2.45, 2.75) is 32.1 Å². The zero-order valence-corrected chi connectivity index (χ0v) is 18.1. The lowest BCUT2D eigenvalue weighted by Crippen LogP contribution is -2.37. The predicted octanol–water partition coefficient (Wildman–Crippen LogP) is 4.90. The average Bonchev–Trinajstić information content (AvgIpc) is 2.96. The molecule has 1 fully saturated rings. The van der Waals surface area contributed by atoms with E-state index in [1.165, 1.54) is 27.8 Å². The molecule has 156 valence electrons. The van der Waals surface area contributed by atoms with Crippen LogP contribution in [-0.4, -0.2) is 33.9 Å². The molecule has 0 atom stereocenters. The molecule has 5 rings (SSSR count). The summed E-state index contributed by atoms with van der Waals surface area (Å²) in [6.45, 7) is 1.50. The summed E-state index contributed by atoms with van der Waals surface area (Å²) >= 11 is 6.32. The highest BCUT2D eigenvalue weighted by Gasteiger charge is 2.26. The Hall–Kier alpha value is -2.98. The van der Waals surface area contributed by atoms with Gasteiger partial charge in [-0.15, -0.1) is 0 Å². The van der Waals surface area contributed by atoms with Crippen molar-refractivity contribution < 1.29 is 4.79 Å². The normalized spacial score (nSPS) is 15.8. The third-order valence-corrected chi connectivity index (χ3v) is 6.54. The number of carbonyl (C=O) groups excluding carboxylic acids is 1. The predicted molar refractivity (Wildman–Crippen MR) is 123 cm³/mol. The summed E-state index contributed by atoms with van der Waals surface area (Å²) in [5, 5.41) is 0.776. The molecule has 3 aromatic rings. The van der Waals surface area contributed by atoms with Crippen molar-refractivity contribution in [2.24, 2.45) is 0 Å². The van der Waals surface area contributed by atoms with Gasteiger partial charge in [0.15, 0.2) is 0 Å². The quantitative estimate of drug-likeness (QED) is 0.582. The minimum atomic E-state index is 0.186. The summed E-state index contributed by atoms with van der Waals surface area (Å²) in [7, 11) is 0. The van der Waals surface area contributed by atoms with Gasteiger partial charge in [-0.3, -0.25) is 14.8 Å². The van der Waals surface area contributed by atoms with E-state index in [0.717, 1.165) is 55.1 Å². The molecule has 1 aliphatic heterocycles. The first-order valence-corrected chi connectivity index (χ1v) is 11.2. The Kier molecular flexibility index (Phi) is 5.56. The Morgan fingerprint density at radius 2 is 1.74 bits per heavy atom. The van der Waals surface area contributed by atoms with E-state index in [9.17, 15) is 4.79 Å². The molecule has 1 aromatic carbocycles. The molecule has 0 N–H and O–H groups in total. The highest BCUT2D eigenvalue weighted by molar-refractivity contribution is 6.30. The summed E-state index contributed by atoms with van der Waals surface area (Å²) in [5.74, 6) is 0.186. The Balaban J connectivity index is 1.45. The van der Waals surface area contributed by atoms with Gasteiger partial charge in [0.05, 0.1) is 6.42 Å². The number of aryl methyl sites for hydroxylation is 2. The minimum absolute atomic E-state index is 0.186. The Morgan fingerprint density at radius 3 is 2.55 bits per heavy atom. The van der Waals surface area contributed by atoms with Gasteiger partial charge in [0.1, 0.15) is 0 Å². The fourth-order valence-electron chi connectivity index (χ4n) is 4.72. The summed E-state index contributed by atoms with van der Waals surface area (Å²) in [5.41, 5.74) is 8.65. The van der Waals surface area contributed by atoms with Crippen molar-refractivity contribution in [1.29, 1.82) is 0 Å². The standard InChI is InChI=1S/C26H24ClN3O/c27-21-4-5-22-20(17-21)3-6-24-23(2-1-11-29-24)26(22)19-9-14-30(15-10-19)25(31)16-18-7-12-28-13-8-18/h1-2,4-5,7-8,11-13,17H,3,6,9-10,14-16H2. The number of likely N-dealkylation sites (tertiary alicyclic amines) is 1. The van der Waals surface area contributed by atoms with E-state index in [0.29, 0.717) is 6.42 Å². The summed E-state index contributed by atoms with van der Waals surface area (Å²) in [6, 6.07) is 14.3. The SMILES string of the molecule is O=C(Cc1ccncc1)N1CCC(=C2c3ccc(Cl)cc3CCc3ncccc32)CC1. The first kappa shape index (κ1) is 20.0. The molecule has 0 radical (unpaired) electrons. The van der Waals surface area contributed by atoms with E-state index < -0.39 is 0 Å². The van der Waals surface area contributed by atoms with Crippen molar-refractivity contribution in [1.82, 2.24) is 14.9 Å². The van der Waals surface area contributed by atoms with Gasteiger partial charge in [0.2, 0.25) is 5.91 Å². The molecule has 0 saturated carbocycles. The summed E-state index contributed by atoms with van der Waals surface area (Å²) < 4.78 is 0. The van der Waals surface area contributed by atoms with Crippen LogP contribution in [0, 0.1) is 0 Å². The Labute approximate surface area is 187 Å². The molecule has 1 aliphatic carbocycles. The molecule has 1 saturated heterocycles. The van der Waals surface area contributed by atoms with Gasteiger partial charge < -0.3 is 4.90 Å². The molecule has 0 bridgehead atoms. The average molecular weight is 430 g/mol. The molecule has 5 heteroatoms. The van der Waals surface area contributed by atoms with Gasteiger partial charge in [-0.25, -0.2) is 0 Å². The lowest BCUT2D eigenvalue weighted by atomic mass is 9.87. The monoisotopic (exact) mass is 429 g/mol. The highest BCUT2D eigenvalue weighted by Crippen LogP contribution is 2.38. The maximum Gasteiger partial charge on any atom is 0.227 e. The number of rotatable bonds is 2. The third kappa shape index (κ3) is 4.13. The molecule has 2 aliphatic rings. The molecular formula is C26H24ClN3O. The van der Waals surface area contributed by atoms with Crippen LogP contribution in [0.2, 0.25) is 5.02 Å². The number of aromatic nitrogens is 2. The van der Waals surface area contributed by atoms with E-state index in [2.05, 4.69) is 28.2 Å². The van der Waals surface area contributed by atoms with E-state index in [1.54, 1.807) is 12.4 Å². The number of halogens is 1. The number of carbonyl (C=O) groups is 1. The summed E-state index contributed by atoms with van der Waals surface area (Å²) in [4.78, 5) is 23.5. The molecule has 1 amide bonds. The number of pyridine rings is 2. The van der Waals surface area contributed by atoms with E-state index in [1.807, 2.05) is 35.4 Å². The molecule has 0 spiro atoms. The molecule has 31 heavy (non-hydrogen) atoms. The molecular weight excluding hydrogens is 406 g/mol. The number of fused-ring (bicyclic) bond motifs is 2. The number of amides is 1. The molecule has 2 aromatic heterocycles. The number of hydrogen-bond donors (Lipinski definition) is 0. The third-order valence-electron chi connectivity index (χ3n) is 6.31. The van der Waals surface area contributed by atoms with E-state index in [-0.39, 0.29) is 5.91 Å². The van der Waals surface area contributed by atoms with Crippen molar-refractivity contribution in [2.75, 3.05) is 13.1 Å². The van der Waals surface area contributed by atoms with Crippen LogP contribution in [0.5, 0.6) is 0 Å². The summed E-state index contributed by atoms with van der Waals surface area (Å²) in [6.07, 6.45) is 9.41. The minimum Gasteiger partial charge on any atom is -0.342 e. The van der Waals surface area contributed by atoms with Crippen molar-refractivity contribution >= 4 is 23.1 Å². The first-order chi connectivity index (χ1) is 15.2.